The number of carbonyl (C=O) groups excluding carboxylic acids is 2. The Labute approximate surface area is 134 Å². The maximum atomic E-state index is 11.8. The fourth-order valence-corrected chi connectivity index (χ4v) is 1.96. The maximum absolute atomic E-state index is 11.8. The zero-order chi connectivity index (χ0) is 16.7. The number of carbonyl (C=O) groups is 2. The van der Waals surface area contributed by atoms with E-state index in [1.807, 2.05) is 30.3 Å². The third kappa shape index (κ3) is 4.82. The van der Waals surface area contributed by atoms with Crippen molar-refractivity contribution in [3.63, 3.8) is 0 Å². The molecular formula is C17H18N2O4. The summed E-state index contributed by atoms with van der Waals surface area (Å²) in [6, 6.07) is 15.6. The standard InChI is InChI=1S/C17H18N2O4/c1-23-14-9-7-13(8-10-14)16(21)17(22)19-18-15(20)11-12-5-3-2-4-6-12/h2-10,16,21H,11H2,1H3,(H,18,20)(H,19,22). The molecule has 0 aliphatic carbocycles. The van der Waals surface area contributed by atoms with Crippen LogP contribution in [0.1, 0.15) is 17.2 Å². The number of aliphatic hydroxyl groups excluding tert-OH is 1. The molecule has 2 aromatic carbocycles. The van der Waals surface area contributed by atoms with E-state index in [0.717, 1.165) is 5.56 Å². The third-order valence-corrected chi connectivity index (χ3v) is 3.21. The smallest absolute Gasteiger partial charge is 0.271 e. The second kappa shape index (κ2) is 7.95. The average molecular weight is 314 g/mol. The van der Waals surface area contributed by atoms with Crippen LogP contribution in [0.4, 0.5) is 0 Å². The quantitative estimate of drug-likeness (QED) is 0.722. The second-order valence-electron chi connectivity index (χ2n) is 4.88. The van der Waals surface area contributed by atoms with Gasteiger partial charge in [-0.3, -0.25) is 20.4 Å². The fourth-order valence-electron chi connectivity index (χ4n) is 1.96. The maximum Gasteiger partial charge on any atom is 0.271 e. The van der Waals surface area contributed by atoms with Crippen LogP contribution in [0.2, 0.25) is 0 Å². The van der Waals surface area contributed by atoms with Crippen LogP contribution in [0.5, 0.6) is 5.75 Å². The monoisotopic (exact) mass is 314 g/mol. The number of hydrogen-bond acceptors (Lipinski definition) is 4. The Balaban J connectivity index is 1.84. The van der Waals surface area contributed by atoms with Gasteiger partial charge >= 0.3 is 0 Å². The van der Waals surface area contributed by atoms with Gasteiger partial charge in [-0.05, 0) is 23.3 Å². The molecule has 0 saturated heterocycles. The summed E-state index contributed by atoms with van der Waals surface area (Å²) in [5.74, 6) is -0.458. The van der Waals surface area contributed by atoms with E-state index >= 15 is 0 Å². The lowest BCUT2D eigenvalue weighted by Crippen LogP contribution is -2.44. The summed E-state index contributed by atoms with van der Waals surface area (Å²) in [5.41, 5.74) is 5.72. The molecule has 0 bridgehead atoms. The van der Waals surface area contributed by atoms with Gasteiger partial charge in [-0.2, -0.15) is 0 Å². The molecule has 1 unspecified atom stereocenters. The van der Waals surface area contributed by atoms with Crippen molar-refractivity contribution in [1.82, 2.24) is 10.9 Å². The number of hydrogen-bond donors (Lipinski definition) is 3. The summed E-state index contributed by atoms with van der Waals surface area (Å²) in [7, 11) is 1.53. The Morgan fingerprint density at radius 2 is 1.70 bits per heavy atom. The van der Waals surface area contributed by atoms with E-state index < -0.39 is 12.0 Å². The highest BCUT2D eigenvalue weighted by atomic mass is 16.5. The molecule has 0 aliphatic heterocycles. The Morgan fingerprint density at radius 3 is 2.30 bits per heavy atom. The van der Waals surface area contributed by atoms with E-state index in [4.69, 9.17) is 4.74 Å². The summed E-state index contributed by atoms with van der Waals surface area (Å²) < 4.78 is 5.01. The minimum Gasteiger partial charge on any atom is -0.497 e. The molecule has 0 saturated carbocycles. The number of hydrazine groups is 1. The average Bonchev–Trinajstić information content (AvgIpc) is 2.60. The number of ether oxygens (including phenoxy) is 1. The van der Waals surface area contributed by atoms with E-state index in [2.05, 4.69) is 10.9 Å². The molecule has 0 fully saturated rings. The van der Waals surface area contributed by atoms with Gasteiger partial charge in [0.2, 0.25) is 5.91 Å². The lowest BCUT2D eigenvalue weighted by atomic mass is 10.1. The predicted molar refractivity (Wildman–Crippen MR) is 84.4 cm³/mol. The number of aliphatic hydroxyl groups is 1. The summed E-state index contributed by atoms with van der Waals surface area (Å²) in [5, 5.41) is 9.95. The molecule has 2 aromatic rings. The molecule has 6 nitrogen and oxygen atoms in total. The lowest BCUT2D eigenvalue weighted by Gasteiger charge is -2.13. The Bertz CT molecular complexity index is 656. The normalized spacial score (nSPS) is 11.4. The lowest BCUT2D eigenvalue weighted by molar-refractivity contribution is -0.134. The highest BCUT2D eigenvalue weighted by Crippen LogP contribution is 2.17. The molecular weight excluding hydrogens is 296 g/mol. The number of methoxy groups -OCH3 is 1. The fraction of sp³-hybridized carbons (Fsp3) is 0.176. The van der Waals surface area contributed by atoms with Crippen LogP contribution in [0.3, 0.4) is 0 Å². The van der Waals surface area contributed by atoms with Gasteiger partial charge in [-0.1, -0.05) is 42.5 Å². The first-order valence-electron chi connectivity index (χ1n) is 7.05. The summed E-state index contributed by atoms with van der Waals surface area (Å²) >= 11 is 0. The summed E-state index contributed by atoms with van der Waals surface area (Å²) in [6.07, 6.45) is -1.24. The molecule has 2 rings (SSSR count). The number of rotatable bonds is 5. The van der Waals surface area contributed by atoms with Crippen molar-refractivity contribution in [1.29, 1.82) is 0 Å². The van der Waals surface area contributed by atoms with Gasteiger partial charge in [-0.15, -0.1) is 0 Å². The van der Waals surface area contributed by atoms with Crippen molar-refractivity contribution in [2.45, 2.75) is 12.5 Å². The van der Waals surface area contributed by atoms with E-state index in [1.54, 1.807) is 24.3 Å². The van der Waals surface area contributed by atoms with Crippen LogP contribution in [-0.4, -0.2) is 24.0 Å². The van der Waals surface area contributed by atoms with Crippen molar-refractivity contribution in [3.05, 3.63) is 65.7 Å². The molecule has 0 spiro atoms. The zero-order valence-corrected chi connectivity index (χ0v) is 12.7. The number of nitrogens with one attached hydrogen (secondary N) is 2. The first-order chi connectivity index (χ1) is 11.1. The SMILES string of the molecule is COc1ccc(C(O)C(=O)NNC(=O)Cc2ccccc2)cc1. The zero-order valence-electron chi connectivity index (χ0n) is 12.7. The first kappa shape index (κ1) is 16.5. The summed E-state index contributed by atoms with van der Waals surface area (Å²) in [4.78, 5) is 23.6. The molecule has 6 heteroatoms. The van der Waals surface area contributed by atoms with Crippen molar-refractivity contribution in [2.24, 2.45) is 0 Å². The van der Waals surface area contributed by atoms with Crippen LogP contribution in [-0.2, 0) is 16.0 Å². The summed E-state index contributed by atoms with van der Waals surface area (Å²) in [6.45, 7) is 0. The predicted octanol–water partition coefficient (Wildman–Crippen LogP) is 1.12. The first-order valence-corrected chi connectivity index (χ1v) is 7.05. The van der Waals surface area contributed by atoms with E-state index in [1.165, 1.54) is 7.11 Å². The molecule has 0 heterocycles. The molecule has 23 heavy (non-hydrogen) atoms. The molecule has 0 aliphatic rings. The Morgan fingerprint density at radius 1 is 1.04 bits per heavy atom. The Kier molecular flexibility index (Phi) is 5.71. The van der Waals surface area contributed by atoms with Crippen molar-refractivity contribution < 1.29 is 19.4 Å². The van der Waals surface area contributed by atoms with Crippen molar-refractivity contribution >= 4 is 11.8 Å². The van der Waals surface area contributed by atoms with Crippen LogP contribution in [0.15, 0.2) is 54.6 Å². The van der Waals surface area contributed by atoms with Crippen LogP contribution in [0, 0.1) is 0 Å². The Hall–Kier alpha value is -2.86. The minimum absolute atomic E-state index is 0.139. The molecule has 0 radical (unpaired) electrons. The van der Waals surface area contributed by atoms with Crippen LogP contribution >= 0.6 is 0 Å². The highest BCUT2D eigenvalue weighted by molar-refractivity contribution is 5.86. The minimum atomic E-state index is -1.38. The van der Waals surface area contributed by atoms with Gasteiger partial charge in [-0.25, -0.2) is 0 Å². The number of amides is 2. The number of benzene rings is 2. The van der Waals surface area contributed by atoms with E-state index in [-0.39, 0.29) is 12.3 Å². The van der Waals surface area contributed by atoms with Gasteiger partial charge in [0, 0.05) is 0 Å². The molecule has 120 valence electrons. The largest absolute Gasteiger partial charge is 0.497 e. The topological polar surface area (TPSA) is 87.7 Å². The third-order valence-electron chi connectivity index (χ3n) is 3.21. The van der Waals surface area contributed by atoms with Gasteiger partial charge in [0.25, 0.3) is 5.91 Å². The molecule has 1 atom stereocenters. The van der Waals surface area contributed by atoms with Gasteiger partial charge in [0.15, 0.2) is 6.10 Å². The highest BCUT2D eigenvalue weighted by Gasteiger charge is 2.17. The van der Waals surface area contributed by atoms with E-state index in [9.17, 15) is 14.7 Å². The van der Waals surface area contributed by atoms with Gasteiger partial charge in [0.1, 0.15) is 5.75 Å². The van der Waals surface area contributed by atoms with Crippen LogP contribution < -0.4 is 15.6 Å². The van der Waals surface area contributed by atoms with Crippen molar-refractivity contribution in [3.8, 4) is 5.75 Å². The van der Waals surface area contributed by atoms with Crippen LogP contribution in [0.25, 0.3) is 0 Å². The van der Waals surface area contributed by atoms with Gasteiger partial charge in [0.05, 0.1) is 13.5 Å². The molecule has 2 amide bonds. The molecule has 3 N–H and O–H groups in total. The van der Waals surface area contributed by atoms with Crippen molar-refractivity contribution in [2.75, 3.05) is 7.11 Å². The van der Waals surface area contributed by atoms with E-state index in [0.29, 0.717) is 11.3 Å². The molecule has 0 aromatic heterocycles. The van der Waals surface area contributed by atoms with Gasteiger partial charge < -0.3 is 9.84 Å². The second-order valence-corrected chi connectivity index (χ2v) is 4.88.